The Bertz CT molecular complexity index is 1730. The lowest BCUT2D eigenvalue weighted by Gasteiger charge is -2.38. The zero-order valence-electron chi connectivity index (χ0n) is 25.0. The molecule has 2 aromatic carbocycles. The number of esters is 2. The van der Waals surface area contributed by atoms with Gasteiger partial charge in [0.2, 0.25) is 0 Å². The van der Waals surface area contributed by atoms with E-state index in [2.05, 4.69) is 6.07 Å². The molecule has 2 atom stereocenters. The van der Waals surface area contributed by atoms with Crippen molar-refractivity contribution in [1.82, 2.24) is 4.90 Å². The van der Waals surface area contributed by atoms with E-state index in [1.54, 1.807) is 93.6 Å². The Hall–Kier alpha value is -5.27. The van der Waals surface area contributed by atoms with E-state index in [0.29, 0.717) is 10.6 Å². The van der Waals surface area contributed by atoms with Crippen molar-refractivity contribution < 1.29 is 28.7 Å². The van der Waals surface area contributed by atoms with E-state index in [9.17, 15) is 24.4 Å². The molecule has 0 bridgehead atoms. The molecule has 10 heteroatoms. The molecule has 0 radical (unpaired) electrons. The number of carbonyl (C=O) groups excluding carboxylic acids is 4. The highest BCUT2D eigenvalue weighted by molar-refractivity contribution is 7.10. The second-order valence-corrected chi connectivity index (χ2v) is 11.3. The molecule has 2 aliphatic rings. The summed E-state index contributed by atoms with van der Waals surface area (Å²) in [5.41, 5.74) is 7.74. The number of nitrogens with two attached hydrogens (primary N) is 1. The van der Waals surface area contributed by atoms with E-state index >= 15 is 0 Å². The molecule has 0 amide bonds. The summed E-state index contributed by atoms with van der Waals surface area (Å²) in [5, 5.41) is 12.4. The van der Waals surface area contributed by atoms with Crippen LogP contribution in [0.25, 0.3) is 0 Å². The third kappa shape index (κ3) is 5.47. The second kappa shape index (κ2) is 13.2. The van der Waals surface area contributed by atoms with E-state index in [1.807, 2.05) is 5.38 Å². The molecule has 0 saturated heterocycles. The van der Waals surface area contributed by atoms with E-state index in [0.717, 1.165) is 0 Å². The zero-order chi connectivity index (χ0) is 32.2. The van der Waals surface area contributed by atoms with Gasteiger partial charge in [-0.1, -0.05) is 66.7 Å². The third-order valence-electron chi connectivity index (χ3n) is 7.90. The highest BCUT2D eigenvalue weighted by atomic mass is 32.1. The standard InChI is InChI=1S/C35H31N3O6S/c1-4-43-34(41)25-20(3)38-30(28(35(42)44-5-2)27(25)24-17-12-18-45-24)26(23(19-36)33(38)37)29(31(39)21-13-8-6-9-14-21)32(40)22-15-10-7-11-16-22/h6-18,26-27,29H,4-5,37H2,1-3H3/t26-,27+/m0/s1. The first-order valence-corrected chi connectivity index (χ1v) is 15.3. The van der Waals surface area contributed by atoms with Crippen LogP contribution in [-0.2, 0) is 19.1 Å². The van der Waals surface area contributed by atoms with Crippen LogP contribution in [0.15, 0.2) is 112 Å². The largest absolute Gasteiger partial charge is 0.463 e. The lowest BCUT2D eigenvalue weighted by molar-refractivity contribution is -0.139. The SMILES string of the molecule is CCOC(=O)C1=C(C)N2C(N)=C(C#N)[C@@H](C(C(=O)c3ccccc3)C(=O)c3ccccc3)C2=C(C(=O)OCC)[C@@H]1c1cccs1. The van der Waals surface area contributed by atoms with Gasteiger partial charge in [-0.15, -0.1) is 11.3 Å². The third-order valence-corrected chi connectivity index (χ3v) is 8.83. The lowest BCUT2D eigenvalue weighted by atomic mass is 9.72. The average molecular weight is 622 g/mol. The molecule has 2 aliphatic heterocycles. The number of thiophene rings is 1. The minimum absolute atomic E-state index is 0.0119. The first-order valence-electron chi connectivity index (χ1n) is 14.5. The fraction of sp³-hybridized carbons (Fsp3) is 0.229. The van der Waals surface area contributed by atoms with Gasteiger partial charge in [0, 0.05) is 27.4 Å². The second-order valence-electron chi connectivity index (χ2n) is 10.3. The molecule has 9 nitrogen and oxygen atoms in total. The van der Waals surface area contributed by atoms with Crippen molar-refractivity contribution in [3.8, 4) is 6.07 Å². The minimum Gasteiger partial charge on any atom is -0.463 e. The van der Waals surface area contributed by atoms with Gasteiger partial charge in [-0.2, -0.15) is 5.26 Å². The molecule has 0 saturated carbocycles. The Kier molecular flexibility index (Phi) is 9.11. The number of ketones is 2. The molecule has 1 aromatic heterocycles. The van der Waals surface area contributed by atoms with Gasteiger partial charge in [0.25, 0.3) is 0 Å². The van der Waals surface area contributed by atoms with Crippen LogP contribution in [0.5, 0.6) is 0 Å². The molecule has 5 rings (SSSR count). The lowest BCUT2D eigenvalue weighted by Crippen LogP contribution is -2.40. The van der Waals surface area contributed by atoms with E-state index in [1.165, 1.54) is 16.2 Å². The van der Waals surface area contributed by atoms with Crippen LogP contribution in [0.1, 0.15) is 52.3 Å². The number of nitriles is 1. The van der Waals surface area contributed by atoms with Gasteiger partial charge in [0.1, 0.15) is 5.82 Å². The summed E-state index contributed by atoms with van der Waals surface area (Å²) >= 11 is 1.32. The Morgan fingerprint density at radius 1 is 0.867 bits per heavy atom. The average Bonchev–Trinajstić information content (AvgIpc) is 3.68. The number of allylic oxidation sites excluding steroid dienone is 2. The minimum atomic E-state index is -1.48. The van der Waals surface area contributed by atoms with Gasteiger partial charge in [-0.25, -0.2) is 9.59 Å². The van der Waals surface area contributed by atoms with E-state index < -0.39 is 41.3 Å². The maximum absolute atomic E-state index is 14.4. The van der Waals surface area contributed by atoms with Crippen molar-refractivity contribution >= 4 is 34.8 Å². The summed E-state index contributed by atoms with van der Waals surface area (Å²) < 4.78 is 11.0. The van der Waals surface area contributed by atoms with Crippen molar-refractivity contribution in [2.45, 2.75) is 26.7 Å². The number of nitrogens with zero attached hydrogens (tertiary/aromatic N) is 2. The van der Waals surface area contributed by atoms with E-state index in [4.69, 9.17) is 15.2 Å². The number of rotatable bonds is 10. The number of carbonyl (C=O) groups is 4. The quantitative estimate of drug-likeness (QED) is 0.176. The van der Waals surface area contributed by atoms with Crippen molar-refractivity contribution in [3.05, 3.63) is 128 Å². The highest BCUT2D eigenvalue weighted by Gasteiger charge is 2.54. The Morgan fingerprint density at radius 3 is 1.87 bits per heavy atom. The molecule has 0 fully saturated rings. The van der Waals surface area contributed by atoms with Crippen LogP contribution in [-0.4, -0.2) is 41.6 Å². The predicted octanol–water partition coefficient (Wildman–Crippen LogP) is 5.51. The molecule has 45 heavy (non-hydrogen) atoms. The molecule has 3 heterocycles. The number of ether oxygens (including phenoxy) is 2. The van der Waals surface area contributed by atoms with Crippen LogP contribution >= 0.6 is 11.3 Å². The molecular formula is C35H31N3O6S. The number of hydrogen-bond donors (Lipinski definition) is 1. The van der Waals surface area contributed by atoms with Crippen molar-refractivity contribution in [3.63, 3.8) is 0 Å². The summed E-state index contributed by atoms with van der Waals surface area (Å²) in [6.45, 7) is 5.06. The van der Waals surface area contributed by atoms with Crippen molar-refractivity contribution in [2.24, 2.45) is 17.6 Å². The summed E-state index contributed by atoms with van der Waals surface area (Å²) in [7, 11) is 0. The van der Waals surface area contributed by atoms with Crippen LogP contribution in [0, 0.1) is 23.2 Å². The van der Waals surface area contributed by atoms with Gasteiger partial charge in [0.15, 0.2) is 11.6 Å². The number of benzene rings is 2. The molecular weight excluding hydrogens is 590 g/mol. The predicted molar refractivity (Wildman–Crippen MR) is 167 cm³/mol. The first-order chi connectivity index (χ1) is 21.8. The van der Waals surface area contributed by atoms with Crippen LogP contribution in [0.2, 0.25) is 0 Å². The topological polar surface area (TPSA) is 140 Å². The first kappa shape index (κ1) is 31.2. The molecule has 0 unspecified atom stereocenters. The molecule has 0 aliphatic carbocycles. The summed E-state index contributed by atoms with van der Waals surface area (Å²) in [6, 6.07) is 22.3. The smallest absolute Gasteiger partial charge is 0.336 e. The number of fused-ring (bicyclic) bond motifs is 1. The molecule has 228 valence electrons. The number of hydrogen-bond acceptors (Lipinski definition) is 10. The van der Waals surface area contributed by atoms with Crippen molar-refractivity contribution in [1.29, 1.82) is 5.26 Å². The Morgan fingerprint density at radius 2 is 1.40 bits per heavy atom. The van der Waals surface area contributed by atoms with Crippen LogP contribution in [0.3, 0.4) is 0 Å². The summed E-state index contributed by atoms with van der Waals surface area (Å²) in [4.78, 5) is 58.5. The molecule has 3 aromatic rings. The number of Topliss-reactive ketones (excluding diaryl/α,β-unsaturated/α-hetero) is 2. The fourth-order valence-corrected chi connectivity index (χ4v) is 6.88. The maximum atomic E-state index is 14.4. The van der Waals surface area contributed by atoms with Crippen LogP contribution < -0.4 is 5.73 Å². The van der Waals surface area contributed by atoms with E-state index in [-0.39, 0.29) is 52.6 Å². The zero-order valence-corrected chi connectivity index (χ0v) is 25.8. The van der Waals surface area contributed by atoms with Crippen LogP contribution in [0.4, 0.5) is 0 Å². The highest BCUT2D eigenvalue weighted by Crippen LogP contribution is 2.53. The molecule has 0 spiro atoms. The summed E-state index contributed by atoms with van der Waals surface area (Å²) in [6.07, 6.45) is 0. The van der Waals surface area contributed by atoms with Crippen molar-refractivity contribution in [2.75, 3.05) is 13.2 Å². The van der Waals surface area contributed by atoms with Gasteiger partial charge < -0.3 is 20.1 Å². The normalized spacial score (nSPS) is 17.7. The Balaban J connectivity index is 1.86. The van der Waals surface area contributed by atoms with Gasteiger partial charge >= 0.3 is 11.9 Å². The monoisotopic (exact) mass is 621 g/mol. The maximum Gasteiger partial charge on any atom is 0.336 e. The van der Waals surface area contributed by atoms with Gasteiger partial charge in [-0.3, -0.25) is 9.59 Å². The fourth-order valence-electron chi connectivity index (χ4n) is 6.04. The molecule has 2 N–H and O–H groups in total. The van der Waals surface area contributed by atoms with Gasteiger partial charge in [-0.05, 0) is 32.2 Å². The Labute approximate surface area is 264 Å². The van der Waals surface area contributed by atoms with Gasteiger partial charge in [0.05, 0.1) is 53.8 Å². The summed E-state index contributed by atoms with van der Waals surface area (Å²) in [5.74, 6) is -6.32.